The van der Waals surface area contributed by atoms with E-state index < -0.39 is 17.4 Å². The van der Waals surface area contributed by atoms with Crippen LogP contribution in [0.4, 0.5) is 11.5 Å². The van der Waals surface area contributed by atoms with Crippen LogP contribution in [0.5, 0.6) is 11.5 Å². The van der Waals surface area contributed by atoms with Crippen molar-refractivity contribution < 1.29 is 19.1 Å². The number of nitrogens with zero attached hydrogens (tertiary/aromatic N) is 1. The van der Waals surface area contributed by atoms with E-state index in [0.29, 0.717) is 22.3 Å². The average Bonchev–Trinajstić information content (AvgIpc) is 2.66. The first-order valence-corrected chi connectivity index (χ1v) is 9.20. The van der Waals surface area contributed by atoms with Gasteiger partial charge in [0.05, 0.1) is 31.4 Å². The first-order chi connectivity index (χ1) is 13.0. The SMILES string of the molecule is COc1ccc(NC(=O)[C@@H]2CC(=O)Nc3nc(SC)[nH]c(=O)c32)c(OC)c1. The summed E-state index contributed by atoms with van der Waals surface area (Å²) < 4.78 is 10.4. The highest BCUT2D eigenvalue weighted by atomic mass is 32.2. The average molecular weight is 390 g/mol. The number of aromatic amines is 1. The van der Waals surface area contributed by atoms with Gasteiger partial charge in [-0.25, -0.2) is 4.98 Å². The number of rotatable bonds is 5. The van der Waals surface area contributed by atoms with Crippen LogP contribution < -0.4 is 25.7 Å². The Hall–Kier alpha value is -3.01. The number of hydrogen-bond acceptors (Lipinski definition) is 7. The van der Waals surface area contributed by atoms with Crippen molar-refractivity contribution in [1.82, 2.24) is 9.97 Å². The molecule has 3 rings (SSSR count). The molecule has 1 atom stereocenters. The number of carbonyl (C=O) groups excluding carboxylic acids is 2. The van der Waals surface area contributed by atoms with Gasteiger partial charge in [0.2, 0.25) is 11.8 Å². The number of benzene rings is 1. The van der Waals surface area contributed by atoms with Crippen LogP contribution in [0, 0.1) is 0 Å². The number of anilines is 2. The number of carbonyl (C=O) groups is 2. The van der Waals surface area contributed by atoms with Gasteiger partial charge < -0.3 is 25.1 Å². The summed E-state index contributed by atoms with van der Waals surface area (Å²) in [5.41, 5.74) is 0.0875. The Morgan fingerprint density at radius 3 is 2.74 bits per heavy atom. The third kappa shape index (κ3) is 3.75. The maximum atomic E-state index is 12.8. The van der Waals surface area contributed by atoms with Gasteiger partial charge in [0.15, 0.2) is 5.16 Å². The molecular formula is C17H18N4O5S. The van der Waals surface area contributed by atoms with Gasteiger partial charge in [0, 0.05) is 12.5 Å². The molecule has 0 unspecified atom stereocenters. The van der Waals surface area contributed by atoms with Crippen molar-refractivity contribution in [2.75, 3.05) is 31.1 Å². The van der Waals surface area contributed by atoms with Crippen LogP contribution in [0.25, 0.3) is 0 Å². The molecule has 2 heterocycles. The van der Waals surface area contributed by atoms with E-state index in [-0.39, 0.29) is 23.7 Å². The predicted molar refractivity (Wildman–Crippen MR) is 101 cm³/mol. The molecular weight excluding hydrogens is 372 g/mol. The van der Waals surface area contributed by atoms with Gasteiger partial charge in [-0.2, -0.15) is 0 Å². The summed E-state index contributed by atoms with van der Waals surface area (Å²) in [6.07, 6.45) is 1.59. The van der Waals surface area contributed by atoms with Crippen LogP contribution in [0.3, 0.4) is 0 Å². The lowest BCUT2D eigenvalue weighted by Gasteiger charge is -2.23. The molecule has 0 fully saturated rings. The molecule has 1 aliphatic rings. The van der Waals surface area contributed by atoms with Gasteiger partial charge in [0.1, 0.15) is 17.3 Å². The number of fused-ring (bicyclic) bond motifs is 1. The second-order valence-electron chi connectivity index (χ2n) is 5.70. The molecule has 2 amide bonds. The Kier molecular flexibility index (Phi) is 5.36. The molecule has 10 heteroatoms. The summed E-state index contributed by atoms with van der Waals surface area (Å²) in [5.74, 6) is -0.771. The molecule has 0 saturated carbocycles. The van der Waals surface area contributed by atoms with Crippen LogP contribution in [0.1, 0.15) is 17.9 Å². The molecule has 1 aromatic heterocycles. The van der Waals surface area contributed by atoms with Gasteiger partial charge in [0.25, 0.3) is 5.56 Å². The zero-order valence-electron chi connectivity index (χ0n) is 14.9. The van der Waals surface area contributed by atoms with Gasteiger partial charge in [-0.15, -0.1) is 0 Å². The number of amides is 2. The van der Waals surface area contributed by atoms with Gasteiger partial charge >= 0.3 is 0 Å². The topological polar surface area (TPSA) is 122 Å². The fourth-order valence-electron chi connectivity index (χ4n) is 2.79. The highest BCUT2D eigenvalue weighted by molar-refractivity contribution is 7.98. The maximum absolute atomic E-state index is 12.8. The quantitative estimate of drug-likeness (QED) is 0.523. The predicted octanol–water partition coefficient (Wildman–Crippen LogP) is 1.57. The molecule has 0 radical (unpaired) electrons. The zero-order valence-corrected chi connectivity index (χ0v) is 15.7. The Balaban J connectivity index is 1.95. The molecule has 27 heavy (non-hydrogen) atoms. The summed E-state index contributed by atoms with van der Waals surface area (Å²) in [7, 11) is 2.99. The monoisotopic (exact) mass is 390 g/mol. The van der Waals surface area contributed by atoms with E-state index in [1.807, 2.05) is 0 Å². The first kappa shape index (κ1) is 18.8. The lowest BCUT2D eigenvalue weighted by Crippen LogP contribution is -2.36. The number of H-pyrrole nitrogens is 1. The molecule has 0 aliphatic carbocycles. The van der Waals surface area contributed by atoms with Crippen molar-refractivity contribution in [2.45, 2.75) is 17.5 Å². The number of aromatic nitrogens is 2. The maximum Gasteiger partial charge on any atom is 0.257 e. The van der Waals surface area contributed by atoms with Crippen molar-refractivity contribution in [3.05, 3.63) is 34.1 Å². The molecule has 1 aromatic carbocycles. The lowest BCUT2D eigenvalue weighted by molar-refractivity contribution is -0.123. The molecule has 0 saturated heterocycles. The smallest absolute Gasteiger partial charge is 0.257 e. The fourth-order valence-corrected chi connectivity index (χ4v) is 3.17. The summed E-state index contributed by atoms with van der Waals surface area (Å²) >= 11 is 1.23. The van der Waals surface area contributed by atoms with Crippen molar-refractivity contribution in [3.8, 4) is 11.5 Å². The molecule has 3 N–H and O–H groups in total. The highest BCUT2D eigenvalue weighted by Crippen LogP contribution is 2.33. The van der Waals surface area contributed by atoms with Crippen LogP contribution in [-0.2, 0) is 9.59 Å². The molecule has 0 bridgehead atoms. The fraction of sp³-hybridized carbons (Fsp3) is 0.294. The highest BCUT2D eigenvalue weighted by Gasteiger charge is 2.35. The second kappa shape index (κ2) is 7.70. The van der Waals surface area contributed by atoms with Gasteiger partial charge in [-0.3, -0.25) is 14.4 Å². The summed E-state index contributed by atoms with van der Waals surface area (Å²) in [5, 5.41) is 5.63. The molecule has 142 valence electrons. The second-order valence-corrected chi connectivity index (χ2v) is 6.49. The van der Waals surface area contributed by atoms with Crippen LogP contribution in [0.15, 0.2) is 28.2 Å². The summed E-state index contributed by atoms with van der Waals surface area (Å²) in [6.45, 7) is 0. The number of nitrogens with one attached hydrogen (secondary N) is 3. The van der Waals surface area contributed by atoms with Crippen molar-refractivity contribution >= 4 is 35.1 Å². The van der Waals surface area contributed by atoms with E-state index in [0.717, 1.165) is 0 Å². The largest absolute Gasteiger partial charge is 0.497 e. The van der Waals surface area contributed by atoms with Crippen molar-refractivity contribution in [2.24, 2.45) is 0 Å². The molecule has 1 aliphatic heterocycles. The van der Waals surface area contributed by atoms with E-state index in [4.69, 9.17) is 9.47 Å². The summed E-state index contributed by atoms with van der Waals surface area (Å²) in [4.78, 5) is 44.1. The Labute approximate surface area is 158 Å². The minimum atomic E-state index is -0.965. The van der Waals surface area contributed by atoms with Gasteiger partial charge in [-0.05, 0) is 18.4 Å². The number of ether oxygens (including phenoxy) is 2. The van der Waals surface area contributed by atoms with Gasteiger partial charge in [-0.1, -0.05) is 11.8 Å². The summed E-state index contributed by atoms with van der Waals surface area (Å²) in [6, 6.07) is 4.91. The van der Waals surface area contributed by atoms with E-state index in [9.17, 15) is 14.4 Å². The normalized spacial score (nSPS) is 15.5. The first-order valence-electron chi connectivity index (χ1n) is 7.97. The van der Waals surface area contributed by atoms with E-state index in [1.165, 1.54) is 26.0 Å². The Morgan fingerprint density at radius 1 is 1.30 bits per heavy atom. The zero-order chi connectivity index (χ0) is 19.6. The third-order valence-corrected chi connectivity index (χ3v) is 4.69. The number of thioether (sulfide) groups is 1. The Morgan fingerprint density at radius 2 is 2.07 bits per heavy atom. The molecule has 9 nitrogen and oxygen atoms in total. The number of hydrogen-bond donors (Lipinski definition) is 3. The van der Waals surface area contributed by atoms with E-state index in [2.05, 4.69) is 20.6 Å². The number of methoxy groups -OCH3 is 2. The minimum absolute atomic E-state index is 0.112. The van der Waals surface area contributed by atoms with Crippen LogP contribution >= 0.6 is 11.8 Å². The van der Waals surface area contributed by atoms with Crippen molar-refractivity contribution in [1.29, 1.82) is 0 Å². The van der Waals surface area contributed by atoms with E-state index in [1.54, 1.807) is 24.5 Å². The van der Waals surface area contributed by atoms with E-state index >= 15 is 0 Å². The third-order valence-electron chi connectivity index (χ3n) is 4.11. The Bertz CT molecular complexity index is 959. The standard InChI is InChI=1S/C17H18N4O5S/c1-25-8-4-5-10(11(6-8)26-2)18-15(23)9-7-12(22)19-14-13(9)16(24)21-17(20-14)27-3/h4-6,9H,7H2,1-3H3,(H,18,23)(H2,19,20,21,22,24)/t9-/m1/s1. The molecule has 2 aromatic rings. The minimum Gasteiger partial charge on any atom is -0.497 e. The lowest BCUT2D eigenvalue weighted by atomic mass is 9.92. The van der Waals surface area contributed by atoms with Crippen LogP contribution in [-0.4, -0.2) is 42.3 Å². The molecule has 0 spiro atoms. The van der Waals surface area contributed by atoms with Crippen molar-refractivity contribution in [3.63, 3.8) is 0 Å². The van der Waals surface area contributed by atoms with Crippen LogP contribution in [0.2, 0.25) is 0 Å².